The number of thiophene rings is 1. The molecule has 78 valence electrons. The number of thioether (sulfide) groups is 1. The fourth-order valence-electron chi connectivity index (χ4n) is 1.83. The molecule has 1 N–H and O–H groups in total. The molecule has 2 unspecified atom stereocenters. The molecule has 1 fully saturated rings. The monoisotopic (exact) mass is 227 g/mol. The molecule has 0 amide bonds. The van der Waals surface area contributed by atoms with Gasteiger partial charge >= 0.3 is 0 Å². The number of hydrogen-bond donors (Lipinski definition) is 1. The largest absolute Gasteiger partial charge is 0.306 e. The highest BCUT2D eigenvalue weighted by atomic mass is 32.2. The Balaban J connectivity index is 2.13. The molecule has 0 radical (unpaired) electrons. The lowest BCUT2D eigenvalue weighted by atomic mass is 10.1. The summed E-state index contributed by atoms with van der Waals surface area (Å²) in [5.74, 6) is 2.53. The Morgan fingerprint density at radius 2 is 2.36 bits per heavy atom. The van der Waals surface area contributed by atoms with Gasteiger partial charge in [-0.15, -0.1) is 11.3 Å². The molecule has 14 heavy (non-hydrogen) atoms. The molecular weight excluding hydrogens is 210 g/mol. The standard InChI is InChI=1S/C11H17NS2/c1-8-3-6-14-11(8)10-7-13-5-4-9(2)12-10/h3,6,9-10,12H,4-5,7H2,1-2H3. The fourth-order valence-corrected chi connectivity index (χ4v) is 4.11. The van der Waals surface area contributed by atoms with Gasteiger partial charge in [-0.3, -0.25) is 0 Å². The van der Waals surface area contributed by atoms with Crippen LogP contribution in [0.15, 0.2) is 11.4 Å². The number of hydrogen-bond acceptors (Lipinski definition) is 3. The van der Waals surface area contributed by atoms with Crippen molar-refractivity contribution in [3.05, 3.63) is 21.9 Å². The van der Waals surface area contributed by atoms with Crippen LogP contribution in [-0.4, -0.2) is 17.5 Å². The number of aryl methyl sites for hydroxylation is 1. The first-order valence-corrected chi connectivity index (χ1v) is 7.18. The van der Waals surface area contributed by atoms with E-state index < -0.39 is 0 Å². The smallest absolute Gasteiger partial charge is 0.0511 e. The molecule has 0 aliphatic carbocycles. The Labute approximate surface area is 94.3 Å². The SMILES string of the molecule is Cc1ccsc1C1CSCCC(C)N1. The van der Waals surface area contributed by atoms with Gasteiger partial charge in [-0.05, 0) is 43.0 Å². The Bertz CT molecular complexity index is 295. The zero-order valence-corrected chi connectivity index (χ0v) is 10.4. The van der Waals surface area contributed by atoms with Crippen LogP contribution < -0.4 is 5.32 Å². The number of nitrogens with one attached hydrogen (secondary N) is 1. The molecule has 1 aromatic rings. The molecule has 1 aromatic heterocycles. The second-order valence-electron chi connectivity index (χ2n) is 3.95. The highest BCUT2D eigenvalue weighted by Crippen LogP contribution is 2.29. The zero-order valence-electron chi connectivity index (χ0n) is 8.75. The van der Waals surface area contributed by atoms with Crippen LogP contribution in [0.5, 0.6) is 0 Å². The van der Waals surface area contributed by atoms with Gasteiger partial charge in [0.2, 0.25) is 0 Å². The molecule has 2 rings (SSSR count). The Kier molecular flexibility index (Phi) is 3.52. The van der Waals surface area contributed by atoms with Gasteiger partial charge in [-0.1, -0.05) is 0 Å². The van der Waals surface area contributed by atoms with E-state index in [1.807, 2.05) is 11.3 Å². The minimum atomic E-state index is 0.581. The van der Waals surface area contributed by atoms with Crippen molar-refractivity contribution in [1.82, 2.24) is 5.32 Å². The molecule has 1 aliphatic rings. The van der Waals surface area contributed by atoms with Crippen molar-refractivity contribution in [2.45, 2.75) is 32.4 Å². The summed E-state index contributed by atoms with van der Waals surface area (Å²) in [6, 6.07) is 3.47. The Morgan fingerprint density at radius 1 is 1.50 bits per heavy atom. The molecule has 0 bridgehead atoms. The third-order valence-electron chi connectivity index (χ3n) is 2.68. The van der Waals surface area contributed by atoms with Crippen molar-refractivity contribution in [3.8, 4) is 0 Å². The van der Waals surface area contributed by atoms with Gasteiger partial charge in [0.05, 0.1) is 6.04 Å². The lowest BCUT2D eigenvalue weighted by molar-refractivity contribution is 0.488. The van der Waals surface area contributed by atoms with Crippen LogP contribution in [0.1, 0.15) is 29.8 Å². The minimum absolute atomic E-state index is 0.581. The highest BCUT2D eigenvalue weighted by Gasteiger charge is 2.20. The van der Waals surface area contributed by atoms with E-state index >= 15 is 0 Å². The summed E-state index contributed by atoms with van der Waals surface area (Å²) in [6.45, 7) is 4.51. The van der Waals surface area contributed by atoms with Crippen molar-refractivity contribution < 1.29 is 0 Å². The van der Waals surface area contributed by atoms with Crippen molar-refractivity contribution in [2.75, 3.05) is 11.5 Å². The van der Waals surface area contributed by atoms with Crippen LogP contribution in [0.4, 0.5) is 0 Å². The van der Waals surface area contributed by atoms with Crippen LogP contribution in [-0.2, 0) is 0 Å². The van der Waals surface area contributed by atoms with E-state index in [-0.39, 0.29) is 0 Å². The maximum Gasteiger partial charge on any atom is 0.0511 e. The van der Waals surface area contributed by atoms with Crippen LogP contribution in [0.3, 0.4) is 0 Å². The fraction of sp³-hybridized carbons (Fsp3) is 0.636. The summed E-state index contributed by atoms with van der Waals surface area (Å²) in [4.78, 5) is 1.53. The molecule has 0 spiro atoms. The van der Waals surface area contributed by atoms with Crippen molar-refractivity contribution in [2.24, 2.45) is 0 Å². The topological polar surface area (TPSA) is 12.0 Å². The van der Waals surface area contributed by atoms with Crippen LogP contribution in [0.25, 0.3) is 0 Å². The third-order valence-corrected chi connectivity index (χ3v) is 4.91. The lowest BCUT2D eigenvalue weighted by Crippen LogP contribution is -2.29. The lowest BCUT2D eigenvalue weighted by Gasteiger charge is -2.18. The third kappa shape index (κ3) is 2.33. The van der Waals surface area contributed by atoms with Gasteiger partial charge in [0, 0.05) is 16.7 Å². The van der Waals surface area contributed by atoms with Crippen molar-refractivity contribution in [3.63, 3.8) is 0 Å². The zero-order chi connectivity index (χ0) is 9.97. The van der Waals surface area contributed by atoms with E-state index in [4.69, 9.17) is 0 Å². The summed E-state index contributed by atoms with van der Waals surface area (Å²) in [7, 11) is 0. The van der Waals surface area contributed by atoms with E-state index in [1.165, 1.54) is 28.4 Å². The van der Waals surface area contributed by atoms with Gasteiger partial charge in [-0.25, -0.2) is 0 Å². The van der Waals surface area contributed by atoms with Gasteiger partial charge < -0.3 is 5.32 Å². The van der Waals surface area contributed by atoms with Crippen molar-refractivity contribution in [1.29, 1.82) is 0 Å². The minimum Gasteiger partial charge on any atom is -0.306 e. The second kappa shape index (κ2) is 4.69. The molecule has 2 heterocycles. The predicted octanol–water partition coefficient (Wildman–Crippen LogP) is 3.21. The van der Waals surface area contributed by atoms with E-state index in [2.05, 4.69) is 42.4 Å². The summed E-state index contributed by atoms with van der Waals surface area (Å²) in [5, 5.41) is 5.91. The first-order valence-electron chi connectivity index (χ1n) is 5.15. The maximum absolute atomic E-state index is 3.71. The quantitative estimate of drug-likeness (QED) is 0.790. The highest BCUT2D eigenvalue weighted by molar-refractivity contribution is 7.99. The first-order chi connectivity index (χ1) is 6.77. The van der Waals surface area contributed by atoms with Gasteiger partial charge in [0.25, 0.3) is 0 Å². The van der Waals surface area contributed by atoms with E-state index in [0.29, 0.717) is 12.1 Å². The summed E-state index contributed by atoms with van der Waals surface area (Å²) in [6.07, 6.45) is 1.30. The van der Waals surface area contributed by atoms with E-state index in [9.17, 15) is 0 Å². The van der Waals surface area contributed by atoms with E-state index in [0.717, 1.165) is 0 Å². The Hall–Kier alpha value is 0.01000. The van der Waals surface area contributed by atoms with Gasteiger partial charge in [-0.2, -0.15) is 11.8 Å². The van der Waals surface area contributed by atoms with Crippen LogP contribution >= 0.6 is 23.1 Å². The molecule has 2 atom stereocenters. The molecule has 3 heteroatoms. The molecular formula is C11H17NS2. The van der Waals surface area contributed by atoms with Gasteiger partial charge in [0.1, 0.15) is 0 Å². The molecule has 1 aliphatic heterocycles. The van der Waals surface area contributed by atoms with Crippen LogP contribution in [0, 0.1) is 6.92 Å². The molecule has 1 nitrogen and oxygen atoms in total. The molecule has 0 aromatic carbocycles. The average Bonchev–Trinajstić information content (AvgIpc) is 2.45. The maximum atomic E-state index is 3.71. The molecule has 0 saturated carbocycles. The molecule has 1 saturated heterocycles. The predicted molar refractivity (Wildman–Crippen MR) is 66.3 cm³/mol. The van der Waals surface area contributed by atoms with Crippen LogP contribution in [0.2, 0.25) is 0 Å². The Morgan fingerprint density at radius 3 is 3.07 bits per heavy atom. The van der Waals surface area contributed by atoms with E-state index in [1.54, 1.807) is 0 Å². The van der Waals surface area contributed by atoms with Crippen molar-refractivity contribution >= 4 is 23.1 Å². The summed E-state index contributed by atoms with van der Waals surface area (Å²) in [5.41, 5.74) is 1.45. The average molecular weight is 227 g/mol. The normalized spacial score (nSPS) is 28.7. The van der Waals surface area contributed by atoms with Gasteiger partial charge in [0.15, 0.2) is 0 Å². The first kappa shape index (κ1) is 10.5. The summed E-state index contributed by atoms with van der Waals surface area (Å²) < 4.78 is 0. The summed E-state index contributed by atoms with van der Waals surface area (Å²) >= 11 is 3.97. The number of rotatable bonds is 1. The second-order valence-corrected chi connectivity index (χ2v) is 6.05.